The zero-order valence-electron chi connectivity index (χ0n) is 14.4. The topological polar surface area (TPSA) is 93.5 Å². The number of rotatable bonds is 4. The van der Waals surface area contributed by atoms with Gasteiger partial charge in [0.2, 0.25) is 15.9 Å². The lowest BCUT2D eigenvalue weighted by Gasteiger charge is -2.32. The van der Waals surface area contributed by atoms with Crippen molar-refractivity contribution in [3.8, 4) is 5.75 Å². The van der Waals surface area contributed by atoms with Crippen molar-refractivity contribution in [1.82, 2.24) is 14.5 Å². The van der Waals surface area contributed by atoms with Crippen LogP contribution in [-0.4, -0.2) is 43.3 Å². The normalized spacial score (nSPS) is 20.1. The summed E-state index contributed by atoms with van der Waals surface area (Å²) in [5, 5.41) is 4.08. The fraction of sp³-hybridized carbons (Fsp3) is 0.412. The summed E-state index contributed by atoms with van der Waals surface area (Å²) in [6.45, 7) is 1.11. The fourth-order valence-corrected chi connectivity index (χ4v) is 4.70. The molecule has 1 aromatic heterocycles. The Morgan fingerprint density at radius 2 is 2.15 bits per heavy atom. The lowest BCUT2D eigenvalue weighted by atomic mass is 10.1. The van der Waals surface area contributed by atoms with Gasteiger partial charge in [-0.25, -0.2) is 8.42 Å². The van der Waals surface area contributed by atoms with E-state index in [4.69, 9.17) is 4.74 Å². The van der Waals surface area contributed by atoms with Gasteiger partial charge >= 0.3 is 0 Å². The number of anilines is 1. The van der Waals surface area contributed by atoms with Crippen molar-refractivity contribution in [2.75, 3.05) is 18.1 Å². The number of ether oxygens (including phenoxy) is 1. The van der Waals surface area contributed by atoms with Gasteiger partial charge in [0, 0.05) is 26.1 Å². The summed E-state index contributed by atoms with van der Waals surface area (Å²) < 4.78 is 35.1. The molecule has 1 saturated heterocycles. The van der Waals surface area contributed by atoms with E-state index in [1.54, 1.807) is 41.0 Å². The first-order valence-corrected chi connectivity index (χ1v) is 10.0. The number of aryl methyl sites for hydroxylation is 1. The van der Waals surface area contributed by atoms with Crippen molar-refractivity contribution < 1.29 is 17.9 Å². The molecule has 4 rings (SSSR count). The zero-order valence-corrected chi connectivity index (χ0v) is 15.2. The number of benzene rings is 1. The highest BCUT2D eigenvalue weighted by Gasteiger charge is 2.34. The minimum Gasteiger partial charge on any atom is -0.493 e. The molecule has 0 aliphatic carbocycles. The first-order valence-electron chi connectivity index (χ1n) is 8.53. The van der Waals surface area contributed by atoms with Crippen LogP contribution in [-0.2, 0) is 28.3 Å². The van der Waals surface area contributed by atoms with Crippen molar-refractivity contribution in [3.63, 3.8) is 0 Å². The average molecular weight is 376 g/mol. The number of carbonyl (C=O) groups excluding carboxylic acids is 1. The van der Waals surface area contributed by atoms with E-state index in [0.717, 1.165) is 11.3 Å². The molecule has 0 saturated carbocycles. The fourth-order valence-electron chi connectivity index (χ4n) is 3.43. The number of aromatic nitrogens is 2. The Bertz CT molecular complexity index is 953. The molecule has 1 N–H and O–H groups in total. The standard InChI is InChI=1S/C17H20N4O4S/c1-20-16(6-8-18-20)21-9-2-3-14(17(21)22)19-26(23,24)13-4-5-15-12(11-13)7-10-25-15/h4-6,8,11,14,19H,2-3,7,9-10H2,1H3. The largest absolute Gasteiger partial charge is 0.493 e. The number of hydrogen-bond donors (Lipinski definition) is 1. The van der Waals surface area contributed by atoms with Crippen molar-refractivity contribution in [3.05, 3.63) is 36.0 Å². The van der Waals surface area contributed by atoms with E-state index >= 15 is 0 Å². The van der Waals surface area contributed by atoms with Crippen LogP contribution in [0.1, 0.15) is 18.4 Å². The van der Waals surface area contributed by atoms with Crippen LogP contribution < -0.4 is 14.4 Å². The van der Waals surface area contributed by atoms with Crippen molar-refractivity contribution >= 4 is 21.7 Å². The van der Waals surface area contributed by atoms with Gasteiger partial charge in [0.1, 0.15) is 17.6 Å². The van der Waals surface area contributed by atoms with Gasteiger partial charge in [0.25, 0.3) is 0 Å². The predicted octanol–water partition coefficient (Wildman–Crippen LogP) is 0.829. The molecule has 0 spiro atoms. The van der Waals surface area contributed by atoms with Gasteiger partial charge in [0.05, 0.1) is 17.7 Å². The van der Waals surface area contributed by atoms with Crippen molar-refractivity contribution in [1.29, 1.82) is 0 Å². The average Bonchev–Trinajstić information content (AvgIpc) is 3.24. The second-order valence-corrected chi connectivity index (χ2v) is 8.20. The summed E-state index contributed by atoms with van der Waals surface area (Å²) in [5.41, 5.74) is 0.874. The highest BCUT2D eigenvalue weighted by atomic mass is 32.2. The molecular formula is C17H20N4O4S. The summed E-state index contributed by atoms with van der Waals surface area (Å²) in [5.74, 6) is 1.13. The quantitative estimate of drug-likeness (QED) is 0.853. The summed E-state index contributed by atoms with van der Waals surface area (Å²) in [6.07, 6.45) is 3.49. The molecule has 9 heteroatoms. The Morgan fingerprint density at radius 1 is 1.31 bits per heavy atom. The highest BCUT2D eigenvalue weighted by molar-refractivity contribution is 7.89. The second-order valence-electron chi connectivity index (χ2n) is 6.49. The minimum atomic E-state index is -3.79. The third-order valence-corrected chi connectivity index (χ3v) is 6.25. The summed E-state index contributed by atoms with van der Waals surface area (Å²) >= 11 is 0. The van der Waals surface area contributed by atoms with Crippen LogP contribution in [0.15, 0.2) is 35.4 Å². The monoisotopic (exact) mass is 376 g/mol. The molecule has 3 heterocycles. The van der Waals surface area contributed by atoms with Gasteiger partial charge in [-0.15, -0.1) is 0 Å². The van der Waals surface area contributed by atoms with E-state index in [9.17, 15) is 13.2 Å². The summed E-state index contributed by atoms with van der Waals surface area (Å²) in [6, 6.07) is 5.76. The van der Waals surface area contributed by atoms with Gasteiger partial charge in [-0.1, -0.05) is 0 Å². The van der Waals surface area contributed by atoms with E-state index in [1.165, 1.54) is 6.07 Å². The molecule has 0 bridgehead atoms. The molecular weight excluding hydrogens is 356 g/mol. The number of amides is 1. The van der Waals surface area contributed by atoms with Gasteiger partial charge in [-0.3, -0.25) is 14.4 Å². The number of sulfonamides is 1. The van der Waals surface area contributed by atoms with E-state index in [1.807, 2.05) is 0 Å². The lowest BCUT2D eigenvalue weighted by Crippen LogP contribution is -2.52. The van der Waals surface area contributed by atoms with Crippen LogP contribution in [0.5, 0.6) is 5.75 Å². The zero-order chi connectivity index (χ0) is 18.3. The van der Waals surface area contributed by atoms with Crippen LogP contribution in [0, 0.1) is 0 Å². The second kappa shape index (κ2) is 6.40. The SMILES string of the molecule is Cn1nccc1N1CCCC(NS(=O)(=O)c2ccc3c(c2)CCO3)C1=O. The number of piperidine rings is 1. The minimum absolute atomic E-state index is 0.159. The molecule has 26 heavy (non-hydrogen) atoms. The Morgan fingerprint density at radius 3 is 2.92 bits per heavy atom. The third kappa shape index (κ3) is 2.97. The van der Waals surface area contributed by atoms with Crippen molar-refractivity contribution in [2.24, 2.45) is 7.05 Å². The van der Waals surface area contributed by atoms with Crippen LogP contribution in [0.2, 0.25) is 0 Å². The number of fused-ring (bicyclic) bond motifs is 1. The molecule has 2 aliphatic rings. The van der Waals surface area contributed by atoms with E-state index in [2.05, 4.69) is 9.82 Å². The molecule has 2 aromatic rings. The Balaban J connectivity index is 1.56. The molecule has 8 nitrogen and oxygen atoms in total. The summed E-state index contributed by atoms with van der Waals surface area (Å²) in [7, 11) is -2.04. The smallest absolute Gasteiger partial charge is 0.246 e. The maximum absolute atomic E-state index is 12.8. The van der Waals surface area contributed by atoms with Gasteiger partial charge < -0.3 is 4.74 Å². The van der Waals surface area contributed by atoms with Crippen LogP contribution in [0.4, 0.5) is 5.82 Å². The Kier molecular flexibility index (Phi) is 4.20. The lowest BCUT2D eigenvalue weighted by molar-refractivity contribution is -0.121. The number of nitrogens with zero attached hydrogens (tertiary/aromatic N) is 3. The molecule has 138 valence electrons. The molecule has 1 atom stereocenters. The molecule has 1 fully saturated rings. The number of carbonyl (C=O) groups is 1. The molecule has 1 unspecified atom stereocenters. The van der Waals surface area contributed by atoms with E-state index in [0.29, 0.717) is 38.2 Å². The number of nitrogens with one attached hydrogen (secondary N) is 1. The molecule has 1 aromatic carbocycles. The first kappa shape index (κ1) is 17.0. The van der Waals surface area contributed by atoms with Crippen LogP contribution >= 0.6 is 0 Å². The molecule has 0 radical (unpaired) electrons. The first-order chi connectivity index (χ1) is 12.5. The van der Waals surface area contributed by atoms with Crippen LogP contribution in [0.3, 0.4) is 0 Å². The van der Waals surface area contributed by atoms with E-state index < -0.39 is 16.1 Å². The van der Waals surface area contributed by atoms with Crippen LogP contribution in [0.25, 0.3) is 0 Å². The summed E-state index contributed by atoms with van der Waals surface area (Å²) in [4.78, 5) is 14.6. The third-order valence-electron chi connectivity index (χ3n) is 4.78. The Labute approximate surface area is 151 Å². The maximum atomic E-state index is 12.8. The number of hydrogen-bond acceptors (Lipinski definition) is 5. The van der Waals surface area contributed by atoms with Gasteiger partial charge in [-0.2, -0.15) is 9.82 Å². The van der Waals surface area contributed by atoms with Gasteiger partial charge in [-0.05, 0) is 36.6 Å². The van der Waals surface area contributed by atoms with Crippen molar-refractivity contribution in [2.45, 2.75) is 30.2 Å². The maximum Gasteiger partial charge on any atom is 0.246 e. The highest BCUT2D eigenvalue weighted by Crippen LogP contribution is 2.28. The van der Waals surface area contributed by atoms with E-state index in [-0.39, 0.29) is 10.8 Å². The predicted molar refractivity (Wildman–Crippen MR) is 94.5 cm³/mol. The molecule has 1 amide bonds. The molecule has 2 aliphatic heterocycles. The van der Waals surface area contributed by atoms with Gasteiger partial charge in [0.15, 0.2) is 0 Å². The Hall–Kier alpha value is -2.39.